The summed E-state index contributed by atoms with van der Waals surface area (Å²) in [5.41, 5.74) is 5.28. The van der Waals surface area contributed by atoms with Gasteiger partial charge < -0.3 is 4.74 Å². The van der Waals surface area contributed by atoms with Gasteiger partial charge in [-0.3, -0.25) is 4.98 Å². The molecule has 1 aromatic carbocycles. The summed E-state index contributed by atoms with van der Waals surface area (Å²) in [5, 5.41) is 5.39. The lowest BCUT2D eigenvalue weighted by Gasteiger charge is -2.10. The Kier molecular flexibility index (Phi) is 4.61. The molecule has 0 radical (unpaired) electrons. The van der Waals surface area contributed by atoms with E-state index in [1.807, 2.05) is 50.2 Å². The minimum absolute atomic E-state index is 0.301. The number of aromatic nitrogens is 4. The van der Waals surface area contributed by atoms with Gasteiger partial charge in [-0.25, -0.2) is 14.5 Å². The van der Waals surface area contributed by atoms with Crippen LogP contribution in [0.5, 0.6) is 0 Å². The summed E-state index contributed by atoms with van der Waals surface area (Å²) in [6, 6.07) is 13.5. The Morgan fingerprint density at radius 1 is 1.14 bits per heavy atom. The van der Waals surface area contributed by atoms with E-state index in [1.165, 1.54) is 0 Å². The summed E-state index contributed by atoms with van der Waals surface area (Å²) in [7, 11) is 0. The van der Waals surface area contributed by atoms with E-state index in [0.29, 0.717) is 28.9 Å². The molecule has 0 amide bonds. The molecule has 0 spiro atoms. The highest BCUT2D eigenvalue weighted by Crippen LogP contribution is 2.29. The number of hydrogen-bond acceptors (Lipinski definition) is 5. The van der Waals surface area contributed by atoms with Gasteiger partial charge in [-0.1, -0.05) is 18.2 Å². The van der Waals surface area contributed by atoms with Gasteiger partial charge in [0.05, 0.1) is 34.6 Å². The number of benzene rings is 1. The number of pyridine rings is 2. The second kappa shape index (κ2) is 7.23. The highest BCUT2D eigenvalue weighted by molar-refractivity contribution is 6.05. The molecule has 0 aliphatic carbocycles. The van der Waals surface area contributed by atoms with Gasteiger partial charge in [0.2, 0.25) is 0 Å². The zero-order chi connectivity index (χ0) is 19.7. The molecule has 3 aromatic heterocycles. The second-order valence-corrected chi connectivity index (χ2v) is 6.50. The molecule has 3 heterocycles. The van der Waals surface area contributed by atoms with Crippen LogP contribution in [0.2, 0.25) is 0 Å². The van der Waals surface area contributed by atoms with Crippen molar-refractivity contribution in [3.05, 3.63) is 71.7 Å². The number of aryl methyl sites for hydroxylation is 2. The lowest BCUT2D eigenvalue weighted by atomic mass is 10.1. The van der Waals surface area contributed by atoms with Crippen molar-refractivity contribution in [2.45, 2.75) is 20.8 Å². The third kappa shape index (κ3) is 3.03. The Morgan fingerprint density at radius 3 is 2.68 bits per heavy atom. The average molecular weight is 372 g/mol. The molecule has 4 rings (SSSR count). The number of rotatable bonds is 4. The van der Waals surface area contributed by atoms with Gasteiger partial charge in [-0.15, -0.1) is 0 Å². The molecule has 0 saturated carbocycles. The van der Waals surface area contributed by atoms with Crippen LogP contribution in [-0.2, 0) is 4.74 Å². The van der Waals surface area contributed by atoms with Gasteiger partial charge in [0, 0.05) is 18.0 Å². The predicted octanol–water partition coefficient (Wildman–Crippen LogP) is 4.28. The van der Waals surface area contributed by atoms with Gasteiger partial charge in [0.1, 0.15) is 0 Å². The van der Waals surface area contributed by atoms with Crippen LogP contribution in [0.4, 0.5) is 0 Å². The minimum Gasteiger partial charge on any atom is -0.462 e. The summed E-state index contributed by atoms with van der Waals surface area (Å²) >= 11 is 0. The van der Waals surface area contributed by atoms with Crippen LogP contribution >= 0.6 is 0 Å². The van der Waals surface area contributed by atoms with Crippen molar-refractivity contribution >= 4 is 17.0 Å². The maximum absolute atomic E-state index is 12.7. The van der Waals surface area contributed by atoms with Gasteiger partial charge >= 0.3 is 5.97 Å². The molecule has 0 fully saturated rings. The largest absolute Gasteiger partial charge is 0.462 e. The highest BCUT2D eigenvalue weighted by Gasteiger charge is 2.22. The first-order valence-corrected chi connectivity index (χ1v) is 9.14. The topological polar surface area (TPSA) is 69.9 Å². The number of hydrogen-bond donors (Lipinski definition) is 0. The molecule has 0 atom stereocenters. The normalized spacial score (nSPS) is 11.0. The molecule has 0 saturated heterocycles. The third-order valence-corrected chi connectivity index (χ3v) is 4.61. The SMILES string of the molecule is CCOC(=O)c1cc(-c2cccnc2)nc2c1c(C)nn2-c1ccccc1C. The molecule has 0 aliphatic rings. The molecule has 140 valence electrons. The van der Waals surface area contributed by atoms with Gasteiger partial charge in [0.25, 0.3) is 0 Å². The Hall–Kier alpha value is -3.54. The van der Waals surface area contributed by atoms with Crippen LogP contribution < -0.4 is 0 Å². The summed E-state index contributed by atoms with van der Waals surface area (Å²) in [5.74, 6) is -0.382. The van der Waals surface area contributed by atoms with Gasteiger partial charge in [0.15, 0.2) is 5.65 Å². The van der Waals surface area contributed by atoms with Crippen LogP contribution in [0.25, 0.3) is 28.0 Å². The van der Waals surface area contributed by atoms with E-state index in [1.54, 1.807) is 30.1 Å². The molecule has 28 heavy (non-hydrogen) atoms. The fourth-order valence-electron chi connectivity index (χ4n) is 3.29. The van der Waals surface area contributed by atoms with Crippen LogP contribution in [0, 0.1) is 13.8 Å². The lowest BCUT2D eigenvalue weighted by Crippen LogP contribution is -2.07. The van der Waals surface area contributed by atoms with Crippen LogP contribution in [-0.4, -0.2) is 32.3 Å². The van der Waals surface area contributed by atoms with E-state index >= 15 is 0 Å². The van der Waals surface area contributed by atoms with Gasteiger partial charge in [-0.2, -0.15) is 5.10 Å². The molecule has 0 bridgehead atoms. The molecular formula is C22H20N4O2. The quantitative estimate of drug-likeness (QED) is 0.500. The molecule has 0 N–H and O–H groups in total. The zero-order valence-corrected chi connectivity index (χ0v) is 16.0. The van der Waals surface area contributed by atoms with Crippen molar-refractivity contribution in [1.29, 1.82) is 0 Å². The maximum atomic E-state index is 12.7. The van der Waals surface area contributed by atoms with E-state index < -0.39 is 0 Å². The van der Waals surface area contributed by atoms with Crippen molar-refractivity contribution in [3.63, 3.8) is 0 Å². The van der Waals surface area contributed by atoms with E-state index in [9.17, 15) is 4.79 Å². The summed E-state index contributed by atoms with van der Waals surface area (Å²) in [6.45, 7) is 6.00. The molecule has 4 aromatic rings. The number of nitrogens with zero attached hydrogens (tertiary/aromatic N) is 4. The van der Waals surface area contributed by atoms with Crippen molar-refractivity contribution in [2.75, 3.05) is 6.61 Å². The lowest BCUT2D eigenvalue weighted by molar-refractivity contribution is 0.0528. The molecule has 6 nitrogen and oxygen atoms in total. The first kappa shape index (κ1) is 17.9. The summed E-state index contributed by atoms with van der Waals surface area (Å²) in [6.07, 6.45) is 3.43. The number of fused-ring (bicyclic) bond motifs is 1. The van der Waals surface area contributed by atoms with Crippen molar-refractivity contribution in [3.8, 4) is 16.9 Å². The molecular weight excluding hydrogens is 352 g/mol. The van der Waals surface area contributed by atoms with E-state index in [0.717, 1.165) is 22.5 Å². The van der Waals surface area contributed by atoms with E-state index in [4.69, 9.17) is 9.72 Å². The second-order valence-electron chi connectivity index (χ2n) is 6.50. The summed E-state index contributed by atoms with van der Waals surface area (Å²) < 4.78 is 7.10. The number of carbonyl (C=O) groups excluding carboxylic acids is 1. The number of ether oxygens (including phenoxy) is 1. The number of esters is 1. The van der Waals surface area contributed by atoms with Gasteiger partial charge in [-0.05, 0) is 50.6 Å². The maximum Gasteiger partial charge on any atom is 0.339 e. The summed E-state index contributed by atoms with van der Waals surface area (Å²) in [4.78, 5) is 21.7. The smallest absolute Gasteiger partial charge is 0.339 e. The zero-order valence-electron chi connectivity index (χ0n) is 16.0. The minimum atomic E-state index is -0.382. The van der Waals surface area contributed by atoms with Crippen LogP contribution in [0.1, 0.15) is 28.5 Å². The standard InChI is InChI=1S/C22H20N4O2/c1-4-28-22(27)17-12-18(16-9-7-11-23-13-16)24-21-20(17)15(3)25-26(21)19-10-6-5-8-14(19)2/h5-13H,4H2,1-3H3. The van der Waals surface area contributed by atoms with Crippen molar-refractivity contribution in [1.82, 2.24) is 19.7 Å². The van der Waals surface area contributed by atoms with Crippen molar-refractivity contribution < 1.29 is 9.53 Å². The van der Waals surface area contributed by atoms with E-state index in [-0.39, 0.29) is 5.97 Å². The van der Waals surface area contributed by atoms with E-state index in [2.05, 4.69) is 10.1 Å². The Morgan fingerprint density at radius 2 is 1.96 bits per heavy atom. The van der Waals surface area contributed by atoms with Crippen LogP contribution in [0.3, 0.4) is 0 Å². The predicted molar refractivity (Wildman–Crippen MR) is 108 cm³/mol. The average Bonchev–Trinajstić information content (AvgIpc) is 3.05. The molecule has 0 aliphatic heterocycles. The highest BCUT2D eigenvalue weighted by atomic mass is 16.5. The third-order valence-electron chi connectivity index (χ3n) is 4.61. The monoisotopic (exact) mass is 372 g/mol. The van der Waals surface area contributed by atoms with Crippen LogP contribution in [0.15, 0.2) is 54.9 Å². The molecule has 6 heteroatoms. The first-order chi connectivity index (χ1) is 13.6. The molecule has 0 unspecified atom stereocenters. The van der Waals surface area contributed by atoms with Crippen molar-refractivity contribution in [2.24, 2.45) is 0 Å². The first-order valence-electron chi connectivity index (χ1n) is 9.14. The fourth-order valence-corrected chi connectivity index (χ4v) is 3.29. The number of para-hydroxylation sites is 1. The number of carbonyl (C=O) groups is 1. The fraction of sp³-hybridized carbons (Fsp3) is 0.182. The Bertz CT molecular complexity index is 1170. The Balaban J connectivity index is 2.05. The Labute approximate surface area is 162 Å².